The summed E-state index contributed by atoms with van der Waals surface area (Å²) in [6.07, 6.45) is 6.01. The highest BCUT2D eigenvalue weighted by Crippen LogP contribution is 2.29. The van der Waals surface area contributed by atoms with Crippen LogP contribution in [0.2, 0.25) is 0 Å². The Morgan fingerprint density at radius 2 is 2.50 bits per heavy atom. The van der Waals surface area contributed by atoms with E-state index < -0.39 is 0 Å². The van der Waals surface area contributed by atoms with Gasteiger partial charge in [-0.1, -0.05) is 13.3 Å². The lowest BCUT2D eigenvalue weighted by atomic mass is 10.1. The zero-order valence-electron chi connectivity index (χ0n) is 8.79. The molecular weight excluding hydrogens is 174 g/mol. The lowest BCUT2D eigenvalue weighted by Gasteiger charge is -2.09. The van der Waals surface area contributed by atoms with Crippen molar-refractivity contribution in [2.75, 3.05) is 6.54 Å². The van der Waals surface area contributed by atoms with Crippen LogP contribution < -0.4 is 5.32 Å². The van der Waals surface area contributed by atoms with Crippen LogP contribution in [0.25, 0.3) is 0 Å². The van der Waals surface area contributed by atoms with Gasteiger partial charge in [-0.2, -0.15) is 5.10 Å². The van der Waals surface area contributed by atoms with E-state index in [0.717, 1.165) is 24.9 Å². The van der Waals surface area contributed by atoms with Gasteiger partial charge < -0.3 is 5.32 Å². The van der Waals surface area contributed by atoms with Gasteiger partial charge in [-0.25, -0.2) is 0 Å². The zero-order chi connectivity index (χ0) is 9.80. The lowest BCUT2D eigenvalue weighted by Crippen LogP contribution is -2.21. The van der Waals surface area contributed by atoms with Gasteiger partial charge in [0.2, 0.25) is 0 Å². The minimum Gasteiger partial charge on any atom is -0.311 e. The molecule has 1 aliphatic carbocycles. The van der Waals surface area contributed by atoms with Gasteiger partial charge in [0.25, 0.3) is 0 Å². The van der Waals surface area contributed by atoms with Crippen LogP contribution in [0.5, 0.6) is 0 Å². The van der Waals surface area contributed by atoms with Crippen molar-refractivity contribution in [3.05, 3.63) is 18.0 Å². The van der Waals surface area contributed by atoms with Crippen molar-refractivity contribution < 1.29 is 0 Å². The van der Waals surface area contributed by atoms with E-state index >= 15 is 0 Å². The van der Waals surface area contributed by atoms with Crippen molar-refractivity contribution in [2.24, 2.45) is 11.8 Å². The van der Waals surface area contributed by atoms with E-state index in [1.807, 2.05) is 6.07 Å². The van der Waals surface area contributed by atoms with Crippen LogP contribution in [-0.2, 0) is 6.54 Å². The summed E-state index contributed by atoms with van der Waals surface area (Å²) in [5.74, 6) is 1.84. The molecule has 0 aliphatic heterocycles. The average molecular weight is 193 g/mol. The summed E-state index contributed by atoms with van der Waals surface area (Å²) < 4.78 is 0. The SMILES string of the molecule is CC1CCC(CNCc2ccn[nH]2)C1. The molecule has 78 valence electrons. The third-order valence-electron chi connectivity index (χ3n) is 3.11. The van der Waals surface area contributed by atoms with Gasteiger partial charge in [0.15, 0.2) is 0 Å². The third kappa shape index (κ3) is 2.58. The zero-order valence-corrected chi connectivity index (χ0v) is 8.79. The first-order chi connectivity index (χ1) is 6.84. The quantitative estimate of drug-likeness (QED) is 0.767. The molecule has 3 nitrogen and oxygen atoms in total. The number of nitrogens with one attached hydrogen (secondary N) is 2. The normalized spacial score (nSPS) is 26.9. The summed E-state index contributed by atoms with van der Waals surface area (Å²) in [7, 11) is 0. The Labute approximate surface area is 85.3 Å². The molecule has 2 atom stereocenters. The van der Waals surface area contributed by atoms with Gasteiger partial charge >= 0.3 is 0 Å². The number of hydrogen-bond donors (Lipinski definition) is 2. The first-order valence-corrected chi connectivity index (χ1v) is 5.53. The standard InChI is InChI=1S/C11H19N3/c1-9-2-3-10(6-9)7-12-8-11-4-5-13-14-11/h4-5,9-10,12H,2-3,6-8H2,1H3,(H,13,14). The number of nitrogens with zero attached hydrogens (tertiary/aromatic N) is 1. The van der Waals surface area contributed by atoms with E-state index in [-0.39, 0.29) is 0 Å². The van der Waals surface area contributed by atoms with Crippen molar-refractivity contribution in [1.29, 1.82) is 0 Å². The fraction of sp³-hybridized carbons (Fsp3) is 0.727. The second-order valence-electron chi connectivity index (χ2n) is 4.50. The molecule has 0 amide bonds. The largest absolute Gasteiger partial charge is 0.311 e. The van der Waals surface area contributed by atoms with Crippen molar-refractivity contribution in [3.8, 4) is 0 Å². The van der Waals surface area contributed by atoms with Crippen LogP contribution in [0.15, 0.2) is 12.3 Å². The van der Waals surface area contributed by atoms with Crippen LogP contribution in [0, 0.1) is 11.8 Å². The molecular formula is C11H19N3. The molecule has 0 radical (unpaired) electrons. The van der Waals surface area contributed by atoms with E-state index in [1.54, 1.807) is 6.20 Å². The summed E-state index contributed by atoms with van der Waals surface area (Å²) >= 11 is 0. The smallest absolute Gasteiger partial charge is 0.0490 e. The highest BCUT2D eigenvalue weighted by Gasteiger charge is 2.20. The number of aromatic amines is 1. The third-order valence-corrected chi connectivity index (χ3v) is 3.11. The van der Waals surface area contributed by atoms with Gasteiger partial charge in [0.1, 0.15) is 0 Å². The predicted molar refractivity (Wildman–Crippen MR) is 56.8 cm³/mol. The molecule has 1 aromatic heterocycles. The highest BCUT2D eigenvalue weighted by atomic mass is 15.1. The summed E-state index contributed by atoms with van der Waals surface area (Å²) in [5.41, 5.74) is 1.18. The number of hydrogen-bond acceptors (Lipinski definition) is 2. The van der Waals surface area contributed by atoms with E-state index in [4.69, 9.17) is 0 Å². The molecule has 0 bridgehead atoms. The topological polar surface area (TPSA) is 40.7 Å². The monoisotopic (exact) mass is 193 g/mol. The van der Waals surface area contributed by atoms with E-state index in [1.165, 1.54) is 25.0 Å². The van der Waals surface area contributed by atoms with Gasteiger partial charge in [-0.15, -0.1) is 0 Å². The first-order valence-electron chi connectivity index (χ1n) is 5.53. The molecule has 1 saturated carbocycles. The Kier molecular flexibility index (Phi) is 3.19. The van der Waals surface area contributed by atoms with E-state index in [0.29, 0.717) is 0 Å². The molecule has 3 heteroatoms. The molecule has 1 heterocycles. The maximum atomic E-state index is 3.92. The Morgan fingerprint density at radius 1 is 1.57 bits per heavy atom. The number of H-pyrrole nitrogens is 1. The van der Waals surface area contributed by atoms with Gasteiger partial charge in [0, 0.05) is 18.4 Å². The molecule has 0 spiro atoms. The minimum absolute atomic E-state index is 0.896. The van der Waals surface area contributed by atoms with Crippen molar-refractivity contribution in [2.45, 2.75) is 32.7 Å². The molecule has 0 aromatic carbocycles. The predicted octanol–water partition coefficient (Wildman–Crippen LogP) is 1.94. The molecule has 2 rings (SSSR count). The fourth-order valence-electron chi connectivity index (χ4n) is 2.30. The molecule has 0 saturated heterocycles. The first kappa shape index (κ1) is 9.71. The molecule has 14 heavy (non-hydrogen) atoms. The summed E-state index contributed by atoms with van der Waals surface area (Å²) in [6.45, 7) is 4.43. The summed E-state index contributed by atoms with van der Waals surface area (Å²) in [5, 5.41) is 10.4. The lowest BCUT2D eigenvalue weighted by molar-refractivity contribution is 0.469. The Balaban J connectivity index is 1.64. The van der Waals surface area contributed by atoms with Crippen molar-refractivity contribution >= 4 is 0 Å². The Bertz CT molecular complexity index is 256. The Hall–Kier alpha value is -0.830. The van der Waals surface area contributed by atoms with E-state index in [9.17, 15) is 0 Å². The van der Waals surface area contributed by atoms with E-state index in [2.05, 4.69) is 22.4 Å². The Morgan fingerprint density at radius 3 is 3.14 bits per heavy atom. The van der Waals surface area contributed by atoms with Gasteiger partial charge in [-0.3, -0.25) is 5.10 Å². The molecule has 2 unspecified atom stereocenters. The van der Waals surface area contributed by atoms with Gasteiger partial charge in [-0.05, 0) is 37.3 Å². The minimum atomic E-state index is 0.896. The summed E-state index contributed by atoms with van der Waals surface area (Å²) in [6, 6.07) is 2.02. The van der Waals surface area contributed by atoms with Crippen LogP contribution in [0.4, 0.5) is 0 Å². The molecule has 2 N–H and O–H groups in total. The van der Waals surface area contributed by atoms with Crippen LogP contribution in [0.1, 0.15) is 31.9 Å². The summed E-state index contributed by atoms with van der Waals surface area (Å²) in [4.78, 5) is 0. The molecule has 1 aromatic rings. The van der Waals surface area contributed by atoms with Gasteiger partial charge in [0.05, 0.1) is 0 Å². The molecule has 1 fully saturated rings. The fourth-order valence-corrected chi connectivity index (χ4v) is 2.30. The average Bonchev–Trinajstić information content (AvgIpc) is 2.77. The number of aromatic nitrogens is 2. The van der Waals surface area contributed by atoms with Crippen LogP contribution in [0.3, 0.4) is 0 Å². The van der Waals surface area contributed by atoms with Crippen LogP contribution >= 0.6 is 0 Å². The van der Waals surface area contributed by atoms with Crippen molar-refractivity contribution in [3.63, 3.8) is 0 Å². The molecule has 1 aliphatic rings. The number of rotatable bonds is 4. The maximum absolute atomic E-state index is 3.92. The highest BCUT2D eigenvalue weighted by molar-refractivity contribution is 4.96. The second-order valence-corrected chi connectivity index (χ2v) is 4.50. The van der Waals surface area contributed by atoms with Crippen LogP contribution in [-0.4, -0.2) is 16.7 Å². The second kappa shape index (κ2) is 4.60. The maximum Gasteiger partial charge on any atom is 0.0490 e. The van der Waals surface area contributed by atoms with Crippen molar-refractivity contribution in [1.82, 2.24) is 15.5 Å².